The number of nitrogens with zero attached hydrogens (tertiary/aromatic N) is 3. The number of benzene rings is 1. The lowest BCUT2D eigenvalue weighted by Gasteiger charge is -2.23. The first kappa shape index (κ1) is 23.1. The Labute approximate surface area is 199 Å². The van der Waals surface area contributed by atoms with Crippen molar-refractivity contribution in [2.45, 2.75) is 19.4 Å². The number of anilines is 3. The summed E-state index contributed by atoms with van der Waals surface area (Å²) in [4.78, 5) is 23.1. The van der Waals surface area contributed by atoms with Crippen LogP contribution in [0.4, 0.5) is 17.2 Å². The fourth-order valence-electron chi connectivity index (χ4n) is 3.97. The lowest BCUT2D eigenvalue weighted by atomic mass is 10.1. The Morgan fingerprint density at radius 2 is 2.09 bits per heavy atom. The molecule has 0 radical (unpaired) electrons. The standard InChI is InChI=1S/C25H31N5O2S/c1-4-27-24-16-21-20(17-28-24)25(31)30(13-12-29(21)3)18-7-5-8-19(15-18)32-22(10-11-26-2)23-9-6-14-33-23/h5-9,14-17,22,26H,4,10-13H2,1-3H3,(H,27,28)/t22-/m1/s1. The molecule has 33 heavy (non-hydrogen) atoms. The minimum atomic E-state index is -0.0490. The zero-order valence-corrected chi connectivity index (χ0v) is 20.2. The zero-order chi connectivity index (χ0) is 23.2. The molecule has 1 aliphatic rings. The van der Waals surface area contributed by atoms with E-state index in [1.165, 1.54) is 4.88 Å². The summed E-state index contributed by atoms with van der Waals surface area (Å²) >= 11 is 1.70. The maximum absolute atomic E-state index is 13.5. The van der Waals surface area contributed by atoms with E-state index < -0.39 is 0 Å². The van der Waals surface area contributed by atoms with Crippen LogP contribution in [0.25, 0.3) is 0 Å². The molecular formula is C25H31N5O2S. The largest absolute Gasteiger partial charge is 0.485 e. The summed E-state index contributed by atoms with van der Waals surface area (Å²) in [6.07, 6.45) is 2.50. The first-order chi connectivity index (χ1) is 16.1. The average Bonchev–Trinajstić information content (AvgIpc) is 3.33. The summed E-state index contributed by atoms with van der Waals surface area (Å²) in [5.41, 5.74) is 2.33. The number of pyridine rings is 1. The minimum Gasteiger partial charge on any atom is -0.485 e. The van der Waals surface area contributed by atoms with Gasteiger partial charge in [0.2, 0.25) is 0 Å². The predicted molar refractivity (Wildman–Crippen MR) is 136 cm³/mol. The third kappa shape index (κ3) is 5.29. The molecule has 0 aliphatic carbocycles. The first-order valence-electron chi connectivity index (χ1n) is 11.3. The Balaban J connectivity index is 1.59. The number of carbonyl (C=O) groups is 1. The number of likely N-dealkylation sites (N-methyl/N-ethyl adjacent to an activating group) is 1. The van der Waals surface area contributed by atoms with Crippen LogP contribution in [-0.4, -0.2) is 51.2 Å². The molecule has 2 N–H and O–H groups in total. The van der Waals surface area contributed by atoms with E-state index >= 15 is 0 Å². The number of nitrogens with one attached hydrogen (secondary N) is 2. The van der Waals surface area contributed by atoms with E-state index in [0.717, 1.165) is 49.0 Å². The number of hydrogen-bond acceptors (Lipinski definition) is 7. The van der Waals surface area contributed by atoms with E-state index in [9.17, 15) is 4.79 Å². The van der Waals surface area contributed by atoms with Gasteiger partial charge in [-0.1, -0.05) is 12.1 Å². The highest BCUT2D eigenvalue weighted by molar-refractivity contribution is 7.10. The number of fused-ring (bicyclic) bond motifs is 1. The van der Waals surface area contributed by atoms with Crippen LogP contribution in [0, 0.1) is 0 Å². The van der Waals surface area contributed by atoms with Crippen LogP contribution < -0.4 is 25.2 Å². The van der Waals surface area contributed by atoms with E-state index in [1.54, 1.807) is 17.5 Å². The van der Waals surface area contributed by atoms with Crippen LogP contribution in [0.3, 0.4) is 0 Å². The summed E-state index contributed by atoms with van der Waals surface area (Å²) in [5.74, 6) is 1.49. The van der Waals surface area contributed by atoms with Gasteiger partial charge in [-0.2, -0.15) is 0 Å². The van der Waals surface area contributed by atoms with E-state index in [4.69, 9.17) is 4.74 Å². The summed E-state index contributed by atoms with van der Waals surface area (Å²) in [7, 11) is 3.96. The van der Waals surface area contributed by atoms with E-state index in [0.29, 0.717) is 12.1 Å². The maximum Gasteiger partial charge on any atom is 0.262 e. The van der Waals surface area contributed by atoms with Gasteiger partial charge in [0.1, 0.15) is 17.7 Å². The number of thiophene rings is 1. The highest BCUT2D eigenvalue weighted by Crippen LogP contribution is 2.32. The molecule has 0 spiro atoms. The third-order valence-corrected chi connectivity index (χ3v) is 6.67. The SMILES string of the molecule is CCNc1cc2c(cn1)C(=O)N(c1cccc(O[C@H](CCNC)c3cccs3)c1)CCN2C. The van der Waals surface area contributed by atoms with Crippen molar-refractivity contribution in [2.75, 3.05) is 55.4 Å². The second-order valence-corrected chi connectivity index (χ2v) is 8.99. The lowest BCUT2D eigenvalue weighted by molar-refractivity contribution is 0.0990. The molecule has 0 fully saturated rings. The summed E-state index contributed by atoms with van der Waals surface area (Å²) in [6, 6.07) is 13.9. The number of amides is 1. The van der Waals surface area contributed by atoms with Crippen molar-refractivity contribution >= 4 is 34.4 Å². The van der Waals surface area contributed by atoms with Crippen molar-refractivity contribution in [3.63, 3.8) is 0 Å². The third-order valence-electron chi connectivity index (χ3n) is 5.71. The minimum absolute atomic E-state index is 0.0342. The van der Waals surface area contributed by atoms with Crippen molar-refractivity contribution in [3.05, 3.63) is 64.5 Å². The van der Waals surface area contributed by atoms with Gasteiger partial charge in [-0.3, -0.25) is 4.79 Å². The summed E-state index contributed by atoms with van der Waals surface area (Å²) in [5, 5.41) is 8.50. The van der Waals surface area contributed by atoms with Gasteiger partial charge < -0.3 is 25.2 Å². The topological polar surface area (TPSA) is 69.7 Å². The molecule has 4 rings (SSSR count). The second-order valence-electron chi connectivity index (χ2n) is 8.01. The quantitative estimate of drug-likeness (QED) is 0.488. The molecule has 1 amide bonds. The molecule has 0 saturated heterocycles. The van der Waals surface area contributed by atoms with Gasteiger partial charge in [0.05, 0.1) is 11.3 Å². The van der Waals surface area contributed by atoms with Gasteiger partial charge in [-0.15, -0.1) is 11.3 Å². The Morgan fingerprint density at radius 1 is 1.21 bits per heavy atom. The molecule has 0 bridgehead atoms. The molecule has 1 aliphatic heterocycles. The van der Waals surface area contributed by atoms with E-state index in [1.807, 2.05) is 62.3 Å². The van der Waals surface area contributed by atoms with E-state index in [-0.39, 0.29) is 12.0 Å². The van der Waals surface area contributed by atoms with Crippen LogP contribution in [-0.2, 0) is 0 Å². The molecule has 0 saturated carbocycles. The number of rotatable bonds is 9. The molecule has 1 aromatic carbocycles. The monoisotopic (exact) mass is 465 g/mol. The molecule has 174 valence electrons. The van der Waals surface area contributed by atoms with Crippen molar-refractivity contribution < 1.29 is 9.53 Å². The van der Waals surface area contributed by atoms with Crippen molar-refractivity contribution in [2.24, 2.45) is 0 Å². The molecule has 8 heteroatoms. The number of aromatic nitrogens is 1. The maximum atomic E-state index is 13.5. The van der Waals surface area contributed by atoms with E-state index in [2.05, 4.69) is 32.0 Å². The fourth-order valence-corrected chi connectivity index (χ4v) is 4.75. The lowest BCUT2D eigenvalue weighted by Crippen LogP contribution is -2.33. The fraction of sp³-hybridized carbons (Fsp3) is 0.360. The highest BCUT2D eigenvalue weighted by atomic mass is 32.1. The van der Waals surface area contributed by atoms with Crippen LogP contribution in [0.1, 0.15) is 34.7 Å². The second kappa shape index (κ2) is 10.7. The molecule has 3 aromatic rings. The van der Waals surface area contributed by atoms with Gasteiger partial charge in [0, 0.05) is 62.0 Å². The van der Waals surface area contributed by atoms with Gasteiger partial charge in [0.15, 0.2) is 0 Å². The Kier molecular flexibility index (Phi) is 7.47. The highest BCUT2D eigenvalue weighted by Gasteiger charge is 2.27. The van der Waals surface area contributed by atoms with Gasteiger partial charge in [0.25, 0.3) is 5.91 Å². The Bertz CT molecular complexity index is 1070. The Hall–Kier alpha value is -3.10. The molecule has 3 heterocycles. The summed E-state index contributed by atoms with van der Waals surface area (Å²) < 4.78 is 6.39. The number of ether oxygens (including phenoxy) is 1. The Morgan fingerprint density at radius 3 is 2.85 bits per heavy atom. The number of hydrogen-bond donors (Lipinski definition) is 2. The van der Waals surface area contributed by atoms with Gasteiger partial charge in [-0.25, -0.2) is 4.98 Å². The molecule has 2 aromatic heterocycles. The van der Waals surface area contributed by atoms with Crippen molar-refractivity contribution in [1.29, 1.82) is 0 Å². The first-order valence-corrected chi connectivity index (χ1v) is 12.2. The molecular weight excluding hydrogens is 434 g/mol. The van der Waals surface area contributed by atoms with Crippen LogP contribution in [0.2, 0.25) is 0 Å². The van der Waals surface area contributed by atoms with Gasteiger partial charge in [-0.05, 0) is 44.1 Å². The van der Waals surface area contributed by atoms with Crippen molar-refractivity contribution in [3.8, 4) is 5.75 Å². The zero-order valence-electron chi connectivity index (χ0n) is 19.4. The molecule has 0 unspecified atom stereocenters. The van der Waals surface area contributed by atoms with Crippen LogP contribution >= 0.6 is 11.3 Å². The normalized spacial score (nSPS) is 14.6. The predicted octanol–water partition coefficient (Wildman–Crippen LogP) is 4.40. The average molecular weight is 466 g/mol. The molecule has 1 atom stereocenters. The van der Waals surface area contributed by atoms with Crippen molar-refractivity contribution in [1.82, 2.24) is 10.3 Å². The molecule has 7 nitrogen and oxygen atoms in total. The number of carbonyl (C=O) groups excluding carboxylic acids is 1. The van der Waals surface area contributed by atoms with Crippen LogP contribution in [0.15, 0.2) is 54.0 Å². The van der Waals surface area contributed by atoms with Crippen LogP contribution in [0.5, 0.6) is 5.75 Å². The summed E-state index contributed by atoms with van der Waals surface area (Å²) in [6.45, 7) is 4.97. The smallest absolute Gasteiger partial charge is 0.262 e. The van der Waals surface area contributed by atoms with Gasteiger partial charge >= 0.3 is 0 Å².